The molecule has 0 fully saturated rings. The minimum atomic E-state index is -0.638. The largest absolute Gasteiger partial charge is 0.497 e. The number of aliphatic hydroxyl groups excluding tert-OH is 1. The molecule has 0 aromatic heterocycles. The van der Waals surface area contributed by atoms with Crippen LogP contribution in [-0.2, 0) is 9.59 Å². The van der Waals surface area contributed by atoms with E-state index in [1.54, 1.807) is 7.11 Å². The van der Waals surface area contributed by atoms with Gasteiger partial charge >= 0.3 is 0 Å². The second kappa shape index (κ2) is 9.25. The van der Waals surface area contributed by atoms with Crippen molar-refractivity contribution in [3.05, 3.63) is 24.3 Å². The lowest BCUT2D eigenvalue weighted by Gasteiger charge is -2.17. The van der Waals surface area contributed by atoms with Gasteiger partial charge in [-0.1, -0.05) is 0 Å². The number of aliphatic hydroxyl groups is 1. The molecule has 2 amide bonds. The van der Waals surface area contributed by atoms with Crippen molar-refractivity contribution in [2.45, 2.75) is 17.9 Å². The molecule has 21 heavy (non-hydrogen) atoms. The Morgan fingerprint density at radius 2 is 2.00 bits per heavy atom. The first-order chi connectivity index (χ1) is 10.1. The van der Waals surface area contributed by atoms with Crippen LogP contribution >= 0.6 is 11.8 Å². The first-order valence-electron chi connectivity index (χ1n) is 6.49. The third kappa shape index (κ3) is 6.50. The summed E-state index contributed by atoms with van der Waals surface area (Å²) in [6.07, 6.45) is 0. The molecule has 0 aliphatic heterocycles. The molecule has 7 heteroatoms. The van der Waals surface area contributed by atoms with Gasteiger partial charge in [-0.2, -0.15) is 0 Å². The molecular formula is C14H20N2O4S. The third-order valence-electron chi connectivity index (χ3n) is 2.58. The second-order valence-electron chi connectivity index (χ2n) is 4.25. The van der Waals surface area contributed by atoms with Crippen molar-refractivity contribution < 1.29 is 19.4 Å². The van der Waals surface area contributed by atoms with Crippen molar-refractivity contribution in [1.82, 2.24) is 10.6 Å². The topological polar surface area (TPSA) is 87.7 Å². The van der Waals surface area contributed by atoms with E-state index in [0.717, 1.165) is 10.6 Å². The Balaban J connectivity index is 2.58. The minimum Gasteiger partial charge on any atom is -0.497 e. The monoisotopic (exact) mass is 312 g/mol. The highest BCUT2D eigenvalue weighted by molar-refractivity contribution is 7.99. The number of nitrogens with one attached hydrogen (secondary N) is 2. The van der Waals surface area contributed by atoms with E-state index in [1.165, 1.54) is 18.7 Å². The first-order valence-corrected chi connectivity index (χ1v) is 7.48. The van der Waals surface area contributed by atoms with Crippen LogP contribution in [0.1, 0.15) is 6.92 Å². The molecule has 116 valence electrons. The molecule has 0 radical (unpaired) electrons. The van der Waals surface area contributed by atoms with Gasteiger partial charge in [0.25, 0.3) is 0 Å². The van der Waals surface area contributed by atoms with Crippen LogP contribution in [0, 0.1) is 0 Å². The molecule has 0 spiro atoms. The fourth-order valence-electron chi connectivity index (χ4n) is 1.58. The Bertz CT molecular complexity index is 465. The maximum atomic E-state index is 11.9. The van der Waals surface area contributed by atoms with Crippen molar-refractivity contribution in [2.75, 3.05) is 26.0 Å². The van der Waals surface area contributed by atoms with Gasteiger partial charge in [-0.25, -0.2) is 0 Å². The van der Waals surface area contributed by atoms with Crippen molar-refractivity contribution in [3.8, 4) is 5.75 Å². The molecule has 1 rings (SSSR count). The van der Waals surface area contributed by atoms with E-state index >= 15 is 0 Å². The maximum Gasteiger partial charge on any atom is 0.243 e. The Hall–Kier alpha value is -1.73. The van der Waals surface area contributed by atoms with Crippen LogP contribution in [0.15, 0.2) is 29.2 Å². The summed E-state index contributed by atoms with van der Waals surface area (Å²) in [6.45, 7) is 1.40. The predicted molar refractivity (Wildman–Crippen MR) is 81.4 cm³/mol. The summed E-state index contributed by atoms with van der Waals surface area (Å²) in [5.74, 6) is 0.594. The van der Waals surface area contributed by atoms with Crippen LogP contribution < -0.4 is 15.4 Å². The van der Waals surface area contributed by atoms with Crippen LogP contribution in [0.3, 0.4) is 0 Å². The normalized spacial score (nSPS) is 11.6. The van der Waals surface area contributed by atoms with Gasteiger partial charge in [0.1, 0.15) is 11.8 Å². The Labute approximate surface area is 128 Å². The van der Waals surface area contributed by atoms with Crippen molar-refractivity contribution in [2.24, 2.45) is 0 Å². The van der Waals surface area contributed by atoms with E-state index in [1.807, 2.05) is 24.3 Å². The Kier molecular flexibility index (Phi) is 7.63. The lowest BCUT2D eigenvalue weighted by atomic mass is 10.3. The molecule has 1 aromatic rings. The van der Waals surface area contributed by atoms with Crippen LogP contribution in [-0.4, -0.2) is 49.0 Å². The van der Waals surface area contributed by atoms with Gasteiger partial charge in [-0.05, 0) is 24.3 Å². The summed E-state index contributed by atoms with van der Waals surface area (Å²) < 4.78 is 5.08. The van der Waals surface area contributed by atoms with Gasteiger partial charge < -0.3 is 20.5 Å². The number of hydrogen-bond donors (Lipinski definition) is 3. The van der Waals surface area contributed by atoms with E-state index in [2.05, 4.69) is 10.6 Å². The highest BCUT2D eigenvalue weighted by atomic mass is 32.2. The summed E-state index contributed by atoms with van der Waals surface area (Å²) >= 11 is 1.46. The van der Waals surface area contributed by atoms with E-state index in [9.17, 15) is 9.59 Å². The molecule has 1 atom stereocenters. The quantitative estimate of drug-likeness (QED) is 0.605. The van der Waals surface area contributed by atoms with Gasteiger partial charge in [0.2, 0.25) is 11.8 Å². The SMILES string of the molecule is COc1ccc(SCC(NC(C)=O)C(=O)NCCO)cc1. The summed E-state index contributed by atoms with van der Waals surface area (Å²) in [5, 5.41) is 13.9. The molecule has 1 aromatic carbocycles. The smallest absolute Gasteiger partial charge is 0.243 e. The lowest BCUT2D eigenvalue weighted by Crippen LogP contribution is -2.48. The van der Waals surface area contributed by atoms with E-state index in [-0.39, 0.29) is 25.0 Å². The number of amides is 2. The van der Waals surface area contributed by atoms with Gasteiger partial charge in [0.15, 0.2) is 0 Å². The zero-order chi connectivity index (χ0) is 15.7. The average molecular weight is 312 g/mol. The van der Waals surface area contributed by atoms with Crippen LogP contribution in [0.2, 0.25) is 0 Å². The van der Waals surface area contributed by atoms with E-state index < -0.39 is 6.04 Å². The van der Waals surface area contributed by atoms with Gasteiger partial charge in [0.05, 0.1) is 13.7 Å². The molecule has 0 aliphatic carbocycles. The number of hydrogen-bond acceptors (Lipinski definition) is 5. The molecule has 1 unspecified atom stereocenters. The van der Waals surface area contributed by atoms with Crippen molar-refractivity contribution in [3.63, 3.8) is 0 Å². The number of thioether (sulfide) groups is 1. The van der Waals surface area contributed by atoms with Gasteiger partial charge in [-0.3, -0.25) is 9.59 Å². The van der Waals surface area contributed by atoms with Gasteiger partial charge in [-0.15, -0.1) is 11.8 Å². The zero-order valence-electron chi connectivity index (χ0n) is 12.1. The van der Waals surface area contributed by atoms with Crippen LogP contribution in [0.4, 0.5) is 0 Å². The first kappa shape index (κ1) is 17.3. The maximum absolute atomic E-state index is 11.9. The predicted octanol–water partition coefficient (Wildman–Crippen LogP) is 0.400. The Morgan fingerprint density at radius 1 is 1.33 bits per heavy atom. The summed E-state index contributed by atoms with van der Waals surface area (Å²) in [6, 6.07) is 6.81. The highest BCUT2D eigenvalue weighted by Crippen LogP contribution is 2.21. The Morgan fingerprint density at radius 3 is 2.52 bits per heavy atom. The highest BCUT2D eigenvalue weighted by Gasteiger charge is 2.19. The fraction of sp³-hybridized carbons (Fsp3) is 0.429. The van der Waals surface area contributed by atoms with Crippen molar-refractivity contribution in [1.29, 1.82) is 0 Å². The van der Waals surface area contributed by atoms with Gasteiger partial charge in [0, 0.05) is 24.1 Å². The summed E-state index contributed by atoms with van der Waals surface area (Å²) in [4.78, 5) is 24.0. The summed E-state index contributed by atoms with van der Waals surface area (Å²) in [5.41, 5.74) is 0. The van der Waals surface area contributed by atoms with Crippen LogP contribution in [0.25, 0.3) is 0 Å². The molecule has 0 bridgehead atoms. The zero-order valence-corrected chi connectivity index (χ0v) is 12.9. The molecule has 0 saturated heterocycles. The number of carbonyl (C=O) groups is 2. The van der Waals surface area contributed by atoms with Crippen molar-refractivity contribution >= 4 is 23.6 Å². The number of benzene rings is 1. The summed E-state index contributed by atoms with van der Waals surface area (Å²) in [7, 11) is 1.60. The number of carbonyl (C=O) groups excluding carboxylic acids is 2. The third-order valence-corrected chi connectivity index (χ3v) is 3.69. The fourth-order valence-corrected chi connectivity index (χ4v) is 2.50. The van der Waals surface area contributed by atoms with E-state index in [0.29, 0.717) is 5.75 Å². The molecule has 3 N–H and O–H groups in total. The van der Waals surface area contributed by atoms with E-state index in [4.69, 9.17) is 9.84 Å². The molecule has 0 heterocycles. The molecule has 0 aliphatic rings. The molecule has 6 nitrogen and oxygen atoms in total. The molecule has 0 saturated carbocycles. The molecular weight excluding hydrogens is 292 g/mol. The minimum absolute atomic E-state index is 0.135. The standard InChI is InChI=1S/C14H20N2O4S/c1-10(18)16-13(14(19)15-7-8-17)9-21-12-5-3-11(20-2)4-6-12/h3-6,13,17H,7-9H2,1-2H3,(H,15,19)(H,16,18). The lowest BCUT2D eigenvalue weighted by molar-refractivity contribution is -0.127. The number of rotatable bonds is 8. The van der Waals surface area contributed by atoms with Crippen LogP contribution in [0.5, 0.6) is 5.75 Å². The second-order valence-corrected chi connectivity index (χ2v) is 5.35. The number of methoxy groups -OCH3 is 1. The average Bonchev–Trinajstić information content (AvgIpc) is 2.49. The number of ether oxygens (including phenoxy) is 1.